The zero-order valence-corrected chi connectivity index (χ0v) is 16.6. The van der Waals surface area contributed by atoms with Crippen LogP contribution >= 0.6 is 11.8 Å². The standard InChI is InChI=1S/C21H27N3O2S/c1-16(2)19(24-21(26)23-17-10-5-3-6-11-17)20(25)22-14-9-15-27-18-12-7-4-8-13-18/h3-8,10-13,16,19H,9,14-15H2,1-2H3,(H,22,25)(H2,23,24,26). The summed E-state index contributed by atoms with van der Waals surface area (Å²) in [6.07, 6.45) is 0.867. The molecule has 3 amide bonds. The zero-order chi connectivity index (χ0) is 19.5. The van der Waals surface area contributed by atoms with Gasteiger partial charge in [-0.1, -0.05) is 50.2 Å². The molecule has 2 aromatic carbocycles. The molecule has 0 aliphatic rings. The van der Waals surface area contributed by atoms with Gasteiger partial charge < -0.3 is 16.0 Å². The van der Waals surface area contributed by atoms with E-state index in [-0.39, 0.29) is 17.9 Å². The van der Waals surface area contributed by atoms with Crippen molar-refractivity contribution in [1.29, 1.82) is 0 Å². The van der Waals surface area contributed by atoms with Gasteiger partial charge in [-0.3, -0.25) is 4.79 Å². The topological polar surface area (TPSA) is 70.2 Å². The van der Waals surface area contributed by atoms with Gasteiger partial charge in [0.1, 0.15) is 6.04 Å². The molecule has 0 radical (unpaired) electrons. The Morgan fingerprint density at radius 3 is 2.22 bits per heavy atom. The Hall–Kier alpha value is -2.47. The SMILES string of the molecule is CC(C)C(NC(=O)Nc1ccccc1)C(=O)NCCCSc1ccccc1. The van der Waals surface area contributed by atoms with Crippen molar-refractivity contribution in [2.45, 2.75) is 31.2 Å². The second-order valence-electron chi connectivity index (χ2n) is 6.49. The molecule has 1 unspecified atom stereocenters. The third-order valence-corrected chi connectivity index (χ3v) is 5.00. The number of thioether (sulfide) groups is 1. The average Bonchev–Trinajstić information content (AvgIpc) is 2.67. The van der Waals surface area contributed by atoms with Crippen molar-refractivity contribution in [2.24, 2.45) is 5.92 Å². The maximum absolute atomic E-state index is 12.4. The van der Waals surface area contributed by atoms with Gasteiger partial charge in [0.2, 0.25) is 5.91 Å². The molecule has 0 aromatic heterocycles. The van der Waals surface area contributed by atoms with Gasteiger partial charge in [-0.2, -0.15) is 0 Å². The van der Waals surface area contributed by atoms with Crippen LogP contribution in [-0.4, -0.2) is 30.3 Å². The number of rotatable bonds is 9. The van der Waals surface area contributed by atoms with Crippen LogP contribution in [0.15, 0.2) is 65.6 Å². The van der Waals surface area contributed by atoms with E-state index in [9.17, 15) is 9.59 Å². The molecule has 0 heterocycles. The number of nitrogens with one attached hydrogen (secondary N) is 3. The molecule has 27 heavy (non-hydrogen) atoms. The summed E-state index contributed by atoms with van der Waals surface area (Å²) in [4.78, 5) is 25.8. The van der Waals surface area contributed by atoms with Gasteiger partial charge in [0.15, 0.2) is 0 Å². The lowest BCUT2D eigenvalue weighted by molar-refractivity contribution is -0.123. The number of hydrogen-bond acceptors (Lipinski definition) is 3. The molecule has 2 aromatic rings. The smallest absolute Gasteiger partial charge is 0.319 e. The van der Waals surface area contributed by atoms with Gasteiger partial charge >= 0.3 is 6.03 Å². The molecule has 144 valence electrons. The fourth-order valence-corrected chi connectivity index (χ4v) is 3.34. The van der Waals surface area contributed by atoms with E-state index in [0.717, 1.165) is 12.2 Å². The summed E-state index contributed by atoms with van der Waals surface area (Å²) >= 11 is 1.77. The largest absolute Gasteiger partial charge is 0.354 e. The van der Waals surface area contributed by atoms with Crippen LogP contribution in [0.2, 0.25) is 0 Å². The third-order valence-electron chi connectivity index (χ3n) is 3.90. The minimum absolute atomic E-state index is 0.00906. The van der Waals surface area contributed by atoms with Crippen LogP contribution in [0.4, 0.5) is 10.5 Å². The van der Waals surface area contributed by atoms with Gasteiger partial charge in [-0.25, -0.2) is 4.79 Å². The summed E-state index contributed by atoms with van der Waals surface area (Å²) in [5, 5.41) is 8.43. The number of amides is 3. The number of hydrogen-bond donors (Lipinski definition) is 3. The number of urea groups is 1. The Morgan fingerprint density at radius 2 is 1.59 bits per heavy atom. The second kappa shape index (κ2) is 11.3. The Kier molecular flexibility index (Phi) is 8.71. The van der Waals surface area contributed by atoms with Gasteiger partial charge in [0, 0.05) is 17.1 Å². The van der Waals surface area contributed by atoms with Crippen LogP contribution in [0.1, 0.15) is 20.3 Å². The lowest BCUT2D eigenvalue weighted by Gasteiger charge is -2.22. The number of para-hydroxylation sites is 1. The maximum atomic E-state index is 12.4. The Morgan fingerprint density at radius 1 is 0.963 bits per heavy atom. The molecule has 0 bridgehead atoms. The van der Waals surface area contributed by atoms with E-state index < -0.39 is 6.04 Å². The summed E-state index contributed by atoms with van der Waals surface area (Å²) in [6, 6.07) is 18.4. The first-order valence-electron chi connectivity index (χ1n) is 9.14. The van der Waals surface area contributed by atoms with Crippen LogP contribution in [0.25, 0.3) is 0 Å². The van der Waals surface area contributed by atoms with Crippen LogP contribution in [-0.2, 0) is 4.79 Å². The normalized spacial score (nSPS) is 11.7. The highest BCUT2D eigenvalue weighted by molar-refractivity contribution is 7.99. The zero-order valence-electron chi connectivity index (χ0n) is 15.8. The van der Waals surface area contributed by atoms with Crippen molar-refractivity contribution in [3.05, 3.63) is 60.7 Å². The maximum Gasteiger partial charge on any atom is 0.319 e. The summed E-state index contributed by atoms with van der Waals surface area (Å²) in [6.45, 7) is 4.42. The van der Waals surface area contributed by atoms with E-state index in [0.29, 0.717) is 12.2 Å². The first kappa shape index (κ1) is 20.8. The highest BCUT2D eigenvalue weighted by Crippen LogP contribution is 2.17. The first-order chi connectivity index (χ1) is 13.1. The van der Waals surface area contributed by atoms with Crippen LogP contribution in [0, 0.1) is 5.92 Å². The summed E-state index contributed by atoms with van der Waals surface area (Å²) in [5.74, 6) is 0.765. The van der Waals surface area contributed by atoms with Crippen molar-refractivity contribution in [1.82, 2.24) is 10.6 Å². The Labute approximate surface area is 165 Å². The van der Waals surface area contributed by atoms with Gasteiger partial charge in [0.25, 0.3) is 0 Å². The third kappa shape index (κ3) is 7.74. The number of carbonyl (C=O) groups excluding carboxylic acids is 2. The molecule has 0 aliphatic carbocycles. The molecule has 3 N–H and O–H groups in total. The van der Waals surface area contributed by atoms with Crippen molar-refractivity contribution in [3.63, 3.8) is 0 Å². The fourth-order valence-electron chi connectivity index (χ4n) is 2.47. The van der Waals surface area contributed by atoms with E-state index in [1.807, 2.05) is 50.2 Å². The van der Waals surface area contributed by atoms with E-state index in [1.54, 1.807) is 23.9 Å². The van der Waals surface area contributed by atoms with Gasteiger partial charge in [0.05, 0.1) is 0 Å². The molecule has 0 aliphatic heterocycles. The van der Waals surface area contributed by atoms with Gasteiger partial charge in [-0.05, 0) is 42.4 Å². The minimum atomic E-state index is -0.574. The lowest BCUT2D eigenvalue weighted by atomic mass is 10.0. The van der Waals surface area contributed by atoms with E-state index in [4.69, 9.17) is 0 Å². The number of anilines is 1. The first-order valence-corrected chi connectivity index (χ1v) is 10.1. The highest BCUT2D eigenvalue weighted by atomic mass is 32.2. The molecule has 6 heteroatoms. The molecule has 0 spiro atoms. The predicted molar refractivity (Wildman–Crippen MR) is 112 cm³/mol. The van der Waals surface area contributed by atoms with Crippen LogP contribution < -0.4 is 16.0 Å². The van der Waals surface area contributed by atoms with Crippen LogP contribution in [0.3, 0.4) is 0 Å². The molecule has 2 rings (SSSR count). The highest BCUT2D eigenvalue weighted by Gasteiger charge is 2.23. The monoisotopic (exact) mass is 385 g/mol. The molecular weight excluding hydrogens is 358 g/mol. The minimum Gasteiger partial charge on any atom is -0.354 e. The number of carbonyl (C=O) groups is 2. The van der Waals surface area contributed by atoms with E-state index in [2.05, 4.69) is 28.1 Å². The Balaban J connectivity index is 1.72. The predicted octanol–water partition coefficient (Wildman–Crippen LogP) is 4.13. The van der Waals surface area contributed by atoms with Crippen molar-refractivity contribution < 1.29 is 9.59 Å². The molecular formula is C21H27N3O2S. The second-order valence-corrected chi connectivity index (χ2v) is 7.66. The van der Waals surface area contributed by atoms with E-state index in [1.165, 1.54) is 4.90 Å². The quantitative estimate of drug-likeness (QED) is 0.449. The molecule has 0 saturated carbocycles. The summed E-state index contributed by atoms with van der Waals surface area (Å²) < 4.78 is 0. The lowest BCUT2D eigenvalue weighted by Crippen LogP contribution is -2.51. The molecule has 0 saturated heterocycles. The summed E-state index contributed by atoms with van der Waals surface area (Å²) in [5.41, 5.74) is 0.691. The van der Waals surface area contributed by atoms with Gasteiger partial charge in [-0.15, -0.1) is 11.8 Å². The van der Waals surface area contributed by atoms with Crippen molar-refractivity contribution in [3.8, 4) is 0 Å². The molecule has 0 fully saturated rings. The van der Waals surface area contributed by atoms with E-state index >= 15 is 0 Å². The van der Waals surface area contributed by atoms with Crippen LogP contribution in [0.5, 0.6) is 0 Å². The molecule has 5 nitrogen and oxygen atoms in total. The molecule has 1 atom stereocenters. The number of benzene rings is 2. The summed E-state index contributed by atoms with van der Waals surface area (Å²) in [7, 11) is 0. The average molecular weight is 386 g/mol. The van der Waals surface area contributed by atoms with Crippen molar-refractivity contribution in [2.75, 3.05) is 17.6 Å². The van der Waals surface area contributed by atoms with Crippen molar-refractivity contribution >= 4 is 29.4 Å². The Bertz CT molecular complexity index is 708. The fraction of sp³-hybridized carbons (Fsp3) is 0.333.